The summed E-state index contributed by atoms with van der Waals surface area (Å²) in [6, 6.07) is 22.0. The molecule has 0 saturated heterocycles. The number of nitrogens with one attached hydrogen (secondary N) is 1. The fourth-order valence-corrected chi connectivity index (χ4v) is 3.40. The molecule has 0 fully saturated rings. The van der Waals surface area contributed by atoms with Crippen molar-refractivity contribution in [2.24, 2.45) is 0 Å². The average Bonchev–Trinajstić information content (AvgIpc) is 3.27. The average molecular weight is 479 g/mol. The highest BCUT2D eigenvalue weighted by atomic mass is 35.5. The summed E-state index contributed by atoms with van der Waals surface area (Å²) in [7, 11) is 1.60. The van der Waals surface area contributed by atoms with E-state index < -0.39 is 0 Å². The van der Waals surface area contributed by atoms with Gasteiger partial charge in [0.2, 0.25) is 5.95 Å². The summed E-state index contributed by atoms with van der Waals surface area (Å²) in [6.07, 6.45) is 3.14. The molecule has 6 nitrogen and oxygen atoms in total. The van der Waals surface area contributed by atoms with Gasteiger partial charge in [-0.15, -0.1) is 5.10 Å². The molecule has 0 amide bonds. The third-order valence-corrected chi connectivity index (χ3v) is 5.47. The Kier molecular flexibility index (Phi) is 7.07. The molecular formula is C25H20Cl2N4O2. The second kappa shape index (κ2) is 10.3. The van der Waals surface area contributed by atoms with E-state index in [9.17, 15) is 4.79 Å². The highest BCUT2D eigenvalue weighted by Gasteiger charge is 2.16. The van der Waals surface area contributed by atoms with Crippen molar-refractivity contribution in [3.8, 4) is 17.1 Å². The van der Waals surface area contributed by atoms with Crippen LogP contribution in [-0.2, 0) is 6.54 Å². The van der Waals surface area contributed by atoms with Crippen molar-refractivity contribution in [1.82, 2.24) is 14.8 Å². The summed E-state index contributed by atoms with van der Waals surface area (Å²) in [6.45, 7) is 0.384. The molecule has 0 unspecified atom stereocenters. The van der Waals surface area contributed by atoms with Gasteiger partial charge in [0.25, 0.3) is 5.91 Å². The van der Waals surface area contributed by atoms with Crippen molar-refractivity contribution >= 4 is 41.1 Å². The number of ether oxygens (including phenoxy) is 1. The van der Waals surface area contributed by atoms with Crippen LogP contribution in [0.3, 0.4) is 0 Å². The van der Waals surface area contributed by atoms with Crippen LogP contribution >= 0.6 is 23.2 Å². The van der Waals surface area contributed by atoms with E-state index in [0.717, 1.165) is 22.4 Å². The van der Waals surface area contributed by atoms with E-state index in [4.69, 9.17) is 27.9 Å². The predicted octanol–water partition coefficient (Wildman–Crippen LogP) is 6.23. The summed E-state index contributed by atoms with van der Waals surface area (Å²) in [5, 5.41) is 8.88. The second-order valence-corrected chi connectivity index (χ2v) is 7.91. The lowest BCUT2D eigenvalue weighted by Crippen LogP contribution is -2.14. The van der Waals surface area contributed by atoms with E-state index in [1.165, 1.54) is 10.8 Å². The summed E-state index contributed by atoms with van der Waals surface area (Å²) < 4.78 is 6.45. The molecule has 1 aromatic heterocycles. The number of aromatic nitrogens is 3. The molecule has 33 heavy (non-hydrogen) atoms. The summed E-state index contributed by atoms with van der Waals surface area (Å²) in [4.78, 5) is 17.5. The van der Waals surface area contributed by atoms with E-state index in [1.807, 2.05) is 60.7 Å². The molecule has 0 aliphatic rings. The molecule has 0 aliphatic carbocycles. The Morgan fingerprint density at radius 2 is 1.76 bits per heavy atom. The summed E-state index contributed by atoms with van der Waals surface area (Å²) in [5.41, 5.74) is 2.47. The topological polar surface area (TPSA) is 69.0 Å². The summed E-state index contributed by atoms with van der Waals surface area (Å²) >= 11 is 12.2. The van der Waals surface area contributed by atoms with Crippen LogP contribution in [0.1, 0.15) is 15.9 Å². The minimum absolute atomic E-state index is 0.312. The van der Waals surface area contributed by atoms with Crippen LogP contribution in [0.2, 0.25) is 10.0 Å². The molecule has 0 saturated carbocycles. The highest BCUT2D eigenvalue weighted by Crippen LogP contribution is 2.22. The quantitative estimate of drug-likeness (QED) is 0.319. The first kappa shape index (κ1) is 22.6. The molecular weight excluding hydrogens is 459 g/mol. The SMILES string of the molecule is COc1ccc(-c2nc(NCc3ccccc3Cl)n(C(=O)C=Cc3ccc(Cl)cc3)n2)cc1. The smallest absolute Gasteiger partial charge is 0.274 e. The van der Waals surface area contributed by atoms with Gasteiger partial charge in [-0.25, -0.2) is 0 Å². The van der Waals surface area contributed by atoms with Crippen molar-refractivity contribution < 1.29 is 9.53 Å². The van der Waals surface area contributed by atoms with Crippen molar-refractivity contribution in [1.29, 1.82) is 0 Å². The number of hydrogen-bond donors (Lipinski definition) is 1. The van der Waals surface area contributed by atoms with Gasteiger partial charge >= 0.3 is 0 Å². The zero-order valence-corrected chi connectivity index (χ0v) is 19.2. The fourth-order valence-electron chi connectivity index (χ4n) is 3.07. The number of hydrogen-bond acceptors (Lipinski definition) is 5. The third kappa shape index (κ3) is 5.61. The van der Waals surface area contributed by atoms with Crippen LogP contribution < -0.4 is 10.1 Å². The predicted molar refractivity (Wildman–Crippen MR) is 132 cm³/mol. The van der Waals surface area contributed by atoms with Gasteiger partial charge in [0.15, 0.2) is 5.82 Å². The number of halogens is 2. The Balaban J connectivity index is 1.63. The Labute approximate surface area is 201 Å². The molecule has 0 bridgehead atoms. The van der Waals surface area contributed by atoms with Crippen molar-refractivity contribution in [3.63, 3.8) is 0 Å². The number of allylic oxidation sites excluding steroid dienone is 1. The lowest BCUT2D eigenvalue weighted by atomic mass is 10.2. The van der Waals surface area contributed by atoms with Crippen LogP contribution in [0.5, 0.6) is 5.75 Å². The summed E-state index contributed by atoms with van der Waals surface area (Å²) in [5.74, 6) is 1.09. The van der Waals surface area contributed by atoms with Crippen molar-refractivity contribution in [2.75, 3.05) is 12.4 Å². The minimum atomic E-state index is -0.348. The van der Waals surface area contributed by atoms with Crippen LogP contribution in [0, 0.1) is 0 Å². The van der Waals surface area contributed by atoms with E-state index in [2.05, 4.69) is 15.4 Å². The maximum atomic E-state index is 13.0. The number of methoxy groups -OCH3 is 1. The first-order valence-corrected chi connectivity index (χ1v) is 10.9. The third-order valence-electron chi connectivity index (χ3n) is 4.85. The Hall–Kier alpha value is -3.61. The van der Waals surface area contributed by atoms with Crippen molar-refractivity contribution in [3.05, 3.63) is 100 Å². The Morgan fingerprint density at radius 3 is 2.45 bits per heavy atom. The molecule has 0 aliphatic heterocycles. The molecule has 8 heteroatoms. The molecule has 1 N–H and O–H groups in total. The fraction of sp³-hybridized carbons (Fsp3) is 0.0800. The molecule has 0 radical (unpaired) electrons. The van der Waals surface area contributed by atoms with E-state index in [-0.39, 0.29) is 5.91 Å². The monoisotopic (exact) mass is 478 g/mol. The van der Waals surface area contributed by atoms with E-state index >= 15 is 0 Å². The molecule has 0 spiro atoms. The number of rotatable bonds is 7. The standard InChI is InChI=1S/C25H20Cl2N4O2/c1-33-21-13-9-18(10-14-21)24-29-25(28-16-19-4-2-3-5-22(19)27)31(30-24)23(32)15-8-17-6-11-20(26)12-7-17/h2-15H,16H2,1H3,(H,28,29,30). The normalized spacial score (nSPS) is 11.0. The highest BCUT2D eigenvalue weighted by molar-refractivity contribution is 6.31. The minimum Gasteiger partial charge on any atom is -0.497 e. The number of anilines is 1. The molecule has 166 valence electrons. The van der Waals surface area contributed by atoms with Crippen LogP contribution in [0.25, 0.3) is 17.5 Å². The number of benzene rings is 3. The Morgan fingerprint density at radius 1 is 1.03 bits per heavy atom. The zero-order valence-electron chi connectivity index (χ0n) is 17.7. The van der Waals surface area contributed by atoms with E-state index in [1.54, 1.807) is 25.3 Å². The zero-order chi connectivity index (χ0) is 23.2. The molecule has 4 aromatic rings. The Bertz CT molecular complexity index is 1280. The van der Waals surface area contributed by atoms with Gasteiger partial charge in [-0.3, -0.25) is 4.79 Å². The first-order valence-electron chi connectivity index (χ1n) is 10.1. The molecule has 0 atom stereocenters. The largest absolute Gasteiger partial charge is 0.497 e. The van der Waals surface area contributed by atoms with Gasteiger partial charge < -0.3 is 10.1 Å². The number of nitrogens with zero attached hydrogens (tertiary/aromatic N) is 3. The van der Waals surface area contributed by atoms with Gasteiger partial charge in [-0.05, 0) is 59.7 Å². The van der Waals surface area contributed by atoms with Crippen LogP contribution in [0.15, 0.2) is 78.9 Å². The van der Waals surface area contributed by atoms with Gasteiger partial charge in [0, 0.05) is 28.2 Å². The van der Waals surface area contributed by atoms with Gasteiger partial charge in [-0.1, -0.05) is 53.5 Å². The molecule has 1 heterocycles. The number of carbonyl (C=O) groups is 1. The molecule has 3 aromatic carbocycles. The van der Waals surface area contributed by atoms with Gasteiger partial charge in [0.1, 0.15) is 5.75 Å². The lowest BCUT2D eigenvalue weighted by Gasteiger charge is -2.07. The van der Waals surface area contributed by atoms with Crippen molar-refractivity contribution in [2.45, 2.75) is 6.54 Å². The second-order valence-electron chi connectivity index (χ2n) is 7.07. The maximum Gasteiger partial charge on any atom is 0.274 e. The number of carbonyl (C=O) groups excluding carboxylic acids is 1. The maximum absolute atomic E-state index is 13.0. The van der Waals surface area contributed by atoms with Crippen LogP contribution in [0.4, 0.5) is 5.95 Å². The lowest BCUT2D eigenvalue weighted by molar-refractivity contribution is 0.0957. The van der Waals surface area contributed by atoms with Crippen LogP contribution in [-0.4, -0.2) is 27.8 Å². The first-order chi connectivity index (χ1) is 16.0. The van der Waals surface area contributed by atoms with Gasteiger partial charge in [-0.2, -0.15) is 9.67 Å². The molecule has 4 rings (SSSR count). The van der Waals surface area contributed by atoms with Gasteiger partial charge in [0.05, 0.1) is 7.11 Å². The van der Waals surface area contributed by atoms with E-state index in [0.29, 0.717) is 28.4 Å².